The van der Waals surface area contributed by atoms with Gasteiger partial charge in [-0.05, 0) is 6.07 Å². The molecule has 0 aromatic carbocycles. The molecular weight excluding hydrogens is 296 g/mol. The van der Waals surface area contributed by atoms with Crippen LogP contribution in [0.5, 0.6) is 0 Å². The summed E-state index contributed by atoms with van der Waals surface area (Å²) in [4.78, 5) is 16.3. The van der Waals surface area contributed by atoms with Crippen molar-refractivity contribution in [3.05, 3.63) is 34.1 Å². The van der Waals surface area contributed by atoms with E-state index in [-0.39, 0.29) is 5.69 Å². The fourth-order valence-corrected chi connectivity index (χ4v) is 3.06. The first-order valence-electron chi connectivity index (χ1n) is 6.63. The predicted molar refractivity (Wildman–Crippen MR) is 77.5 cm³/mol. The average molecular weight is 314 g/mol. The van der Waals surface area contributed by atoms with Crippen molar-refractivity contribution >= 4 is 15.7 Å². The van der Waals surface area contributed by atoms with E-state index in [1.807, 2.05) is 0 Å². The minimum absolute atomic E-state index is 0.0134. The average Bonchev–Trinajstić information content (AvgIpc) is 2.45. The summed E-state index contributed by atoms with van der Waals surface area (Å²) in [7, 11) is -3.10. The molecule has 8 nitrogen and oxygen atoms in total. The number of piperazine rings is 1. The van der Waals surface area contributed by atoms with Crippen molar-refractivity contribution in [2.24, 2.45) is 0 Å². The minimum atomic E-state index is -3.10. The van der Waals surface area contributed by atoms with Gasteiger partial charge in [0.15, 0.2) is 0 Å². The fraction of sp³-hybridized carbons (Fsp3) is 0.583. The number of rotatable bonds is 5. The Kier molecular flexibility index (Phi) is 4.86. The molecule has 0 radical (unpaired) electrons. The summed E-state index contributed by atoms with van der Waals surface area (Å²) in [5.74, 6) is 0. The molecule has 2 rings (SSSR count). The minimum Gasteiger partial charge on any atom is -0.300 e. The van der Waals surface area contributed by atoms with Crippen molar-refractivity contribution in [2.45, 2.75) is 6.42 Å². The van der Waals surface area contributed by atoms with Crippen LogP contribution < -0.4 is 0 Å². The zero-order chi connectivity index (χ0) is 15.5. The molecule has 21 heavy (non-hydrogen) atoms. The molecule has 1 aromatic heterocycles. The van der Waals surface area contributed by atoms with Crippen LogP contribution in [-0.4, -0.2) is 66.5 Å². The lowest BCUT2D eigenvalue weighted by atomic mass is 10.2. The molecule has 116 valence electrons. The lowest BCUT2D eigenvalue weighted by Crippen LogP contribution is -2.48. The van der Waals surface area contributed by atoms with E-state index in [1.54, 1.807) is 6.07 Å². The molecule has 1 aliphatic rings. The maximum Gasteiger partial charge on any atom is 0.287 e. The Bertz CT molecular complexity index is 594. The number of pyridine rings is 1. The highest BCUT2D eigenvalue weighted by Gasteiger charge is 2.22. The summed E-state index contributed by atoms with van der Waals surface area (Å²) in [6, 6.07) is 3.11. The molecule has 0 saturated carbocycles. The van der Waals surface area contributed by atoms with Gasteiger partial charge in [-0.3, -0.25) is 15.1 Å². The van der Waals surface area contributed by atoms with Crippen molar-refractivity contribution in [3.63, 3.8) is 0 Å². The molecule has 1 saturated heterocycles. The highest BCUT2D eigenvalue weighted by Crippen LogP contribution is 2.10. The van der Waals surface area contributed by atoms with Crippen LogP contribution in [0.15, 0.2) is 18.3 Å². The van der Waals surface area contributed by atoms with Crippen LogP contribution in [0, 0.1) is 10.1 Å². The first-order valence-corrected chi connectivity index (χ1v) is 8.48. The monoisotopic (exact) mass is 314 g/mol. The van der Waals surface area contributed by atoms with Crippen LogP contribution >= 0.6 is 0 Å². The van der Waals surface area contributed by atoms with Gasteiger partial charge in [0.05, 0.1) is 11.2 Å². The van der Waals surface area contributed by atoms with Gasteiger partial charge in [0.1, 0.15) is 6.20 Å². The Morgan fingerprint density at radius 2 is 1.95 bits per heavy atom. The largest absolute Gasteiger partial charge is 0.300 e. The summed E-state index contributed by atoms with van der Waals surface area (Å²) in [5.41, 5.74) is 0.784. The van der Waals surface area contributed by atoms with Gasteiger partial charge in [-0.1, -0.05) is 0 Å². The van der Waals surface area contributed by atoms with Crippen LogP contribution in [0.2, 0.25) is 0 Å². The van der Waals surface area contributed by atoms with Gasteiger partial charge in [-0.2, -0.15) is 4.31 Å². The van der Waals surface area contributed by atoms with Gasteiger partial charge in [0, 0.05) is 50.9 Å². The second kappa shape index (κ2) is 6.46. The molecule has 0 spiro atoms. The summed E-state index contributed by atoms with van der Waals surface area (Å²) < 4.78 is 24.3. The second-order valence-corrected chi connectivity index (χ2v) is 7.00. The van der Waals surface area contributed by atoms with E-state index >= 15 is 0 Å². The van der Waals surface area contributed by atoms with Crippen molar-refractivity contribution in [1.82, 2.24) is 14.2 Å². The number of nitro groups is 1. The number of aromatic nitrogens is 1. The van der Waals surface area contributed by atoms with E-state index in [0.717, 1.165) is 12.2 Å². The number of hydrogen-bond acceptors (Lipinski definition) is 6. The molecule has 0 unspecified atom stereocenters. The first-order chi connectivity index (χ1) is 9.86. The molecule has 1 fully saturated rings. The third-order valence-corrected chi connectivity index (χ3v) is 4.81. The van der Waals surface area contributed by atoms with Crippen molar-refractivity contribution in [2.75, 3.05) is 39.0 Å². The van der Waals surface area contributed by atoms with Gasteiger partial charge in [-0.25, -0.2) is 8.42 Å². The molecule has 2 heterocycles. The van der Waals surface area contributed by atoms with E-state index in [0.29, 0.717) is 32.6 Å². The molecule has 0 amide bonds. The van der Waals surface area contributed by atoms with E-state index in [4.69, 9.17) is 0 Å². The van der Waals surface area contributed by atoms with Gasteiger partial charge < -0.3 is 4.90 Å². The van der Waals surface area contributed by atoms with Gasteiger partial charge in [0.25, 0.3) is 5.69 Å². The van der Waals surface area contributed by atoms with Crippen molar-refractivity contribution in [3.8, 4) is 0 Å². The van der Waals surface area contributed by atoms with Crippen LogP contribution in [0.4, 0.5) is 5.69 Å². The molecule has 0 bridgehead atoms. The SMILES string of the molecule is CS(=O)(=O)N1CCN(CCc2ccc([N+](=O)[O-])cn2)CC1. The van der Waals surface area contributed by atoms with Crippen LogP contribution in [-0.2, 0) is 16.4 Å². The lowest BCUT2D eigenvalue weighted by molar-refractivity contribution is -0.385. The highest BCUT2D eigenvalue weighted by molar-refractivity contribution is 7.88. The van der Waals surface area contributed by atoms with Gasteiger partial charge in [0.2, 0.25) is 10.0 Å². The third kappa shape index (κ3) is 4.45. The number of hydrogen-bond donors (Lipinski definition) is 0. The molecule has 0 N–H and O–H groups in total. The van der Waals surface area contributed by atoms with Gasteiger partial charge in [-0.15, -0.1) is 0 Å². The van der Waals surface area contributed by atoms with Crippen molar-refractivity contribution in [1.29, 1.82) is 0 Å². The Labute approximate surface area is 123 Å². The Hall–Kier alpha value is -1.58. The normalized spacial score (nSPS) is 17.8. The maximum atomic E-state index is 11.4. The summed E-state index contributed by atoms with van der Waals surface area (Å²) >= 11 is 0. The predicted octanol–water partition coefficient (Wildman–Crippen LogP) is 0.110. The fourth-order valence-electron chi connectivity index (χ4n) is 2.23. The van der Waals surface area contributed by atoms with Crippen molar-refractivity contribution < 1.29 is 13.3 Å². The van der Waals surface area contributed by atoms with E-state index in [2.05, 4.69) is 9.88 Å². The number of nitrogens with zero attached hydrogens (tertiary/aromatic N) is 4. The molecule has 9 heteroatoms. The molecule has 1 aromatic rings. The Morgan fingerprint density at radius 1 is 1.29 bits per heavy atom. The number of sulfonamides is 1. The second-order valence-electron chi connectivity index (χ2n) is 5.02. The zero-order valence-corrected chi connectivity index (χ0v) is 12.6. The maximum absolute atomic E-state index is 11.4. The highest BCUT2D eigenvalue weighted by atomic mass is 32.2. The summed E-state index contributed by atoms with van der Waals surface area (Å²) in [6.07, 6.45) is 3.18. The Balaban J connectivity index is 1.81. The third-order valence-electron chi connectivity index (χ3n) is 3.50. The van der Waals surface area contributed by atoms with Crippen LogP contribution in [0.1, 0.15) is 5.69 Å². The smallest absolute Gasteiger partial charge is 0.287 e. The van der Waals surface area contributed by atoms with Crippen LogP contribution in [0.3, 0.4) is 0 Å². The standard InChI is InChI=1S/C12H18N4O4S/c1-21(19,20)15-8-6-14(7-9-15)5-4-11-2-3-12(10-13-11)16(17)18/h2-3,10H,4-9H2,1H3. The van der Waals surface area contributed by atoms with E-state index in [1.165, 1.54) is 22.8 Å². The summed E-state index contributed by atoms with van der Waals surface area (Å²) in [5, 5.41) is 10.5. The first kappa shape index (κ1) is 15.8. The Morgan fingerprint density at radius 3 is 2.43 bits per heavy atom. The van der Waals surface area contributed by atoms with Gasteiger partial charge >= 0.3 is 0 Å². The molecule has 0 atom stereocenters. The summed E-state index contributed by atoms with van der Waals surface area (Å²) in [6.45, 7) is 3.17. The topological polar surface area (TPSA) is 96.7 Å². The van der Waals surface area contributed by atoms with Crippen LogP contribution in [0.25, 0.3) is 0 Å². The molecule has 0 aliphatic carbocycles. The zero-order valence-electron chi connectivity index (χ0n) is 11.8. The molecule has 1 aliphatic heterocycles. The quantitative estimate of drug-likeness (QED) is 0.565. The lowest BCUT2D eigenvalue weighted by Gasteiger charge is -2.33. The molecular formula is C12H18N4O4S. The van der Waals surface area contributed by atoms with E-state index in [9.17, 15) is 18.5 Å². The van der Waals surface area contributed by atoms with E-state index < -0.39 is 14.9 Å².